The van der Waals surface area contributed by atoms with Crippen molar-refractivity contribution in [3.05, 3.63) is 28.2 Å². The fourth-order valence-electron chi connectivity index (χ4n) is 2.40. The van der Waals surface area contributed by atoms with Crippen LogP contribution in [-0.2, 0) is 4.79 Å². The van der Waals surface area contributed by atoms with Gasteiger partial charge in [0, 0.05) is 16.2 Å². The Morgan fingerprint density at radius 1 is 1.42 bits per heavy atom. The molecule has 1 aliphatic rings. The fraction of sp³-hybridized carbons (Fsp3) is 0.533. The van der Waals surface area contributed by atoms with Crippen molar-refractivity contribution >= 4 is 27.5 Å². The Morgan fingerprint density at radius 3 is 2.74 bits per heavy atom. The lowest BCUT2D eigenvalue weighted by Gasteiger charge is -2.32. The summed E-state index contributed by atoms with van der Waals surface area (Å²) in [5.41, 5.74) is 1.63. The van der Waals surface area contributed by atoms with Crippen molar-refractivity contribution in [3.63, 3.8) is 0 Å². The van der Waals surface area contributed by atoms with Crippen LogP contribution in [0.25, 0.3) is 0 Å². The molecular formula is C15H21BrN2O. The number of nitrogens with zero attached hydrogens (tertiary/aromatic N) is 1. The standard InChI is InChI=1S/C15H21BrN2O/c1-10-5-6-12(9-13(10)16)18-11(2)7-8-17-15(3,4)14(18)19/h5-6,9,11,17H,7-8H2,1-4H3. The van der Waals surface area contributed by atoms with Crippen molar-refractivity contribution in [2.24, 2.45) is 0 Å². The van der Waals surface area contributed by atoms with Crippen LogP contribution in [0.4, 0.5) is 5.69 Å². The van der Waals surface area contributed by atoms with Crippen molar-refractivity contribution in [1.82, 2.24) is 5.32 Å². The Bertz CT molecular complexity index is 499. The smallest absolute Gasteiger partial charge is 0.246 e. The summed E-state index contributed by atoms with van der Waals surface area (Å²) in [5, 5.41) is 3.32. The molecule has 1 saturated heterocycles. The van der Waals surface area contributed by atoms with Crippen LogP contribution in [0.5, 0.6) is 0 Å². The third-order valence-corrected chi connectivity index (χ3v) is 4.61. The van der Waals surface area contributed by atoms with Gasteiger partial charge in [0.1, 0.15) is 0 Å². The predicted molar refractivity (Wildman–Crippen MR) is 82.5 cm³/mol. The van der Waals surface area contributed by atoms with Gasteiger partial charge in [0.25, 0.3) is 0 Å². The van der Waals surface area contributed by atoms with Gasteiger partial charge in [0.05, 0.1) is 5.54 Å². The van der Waals surface area contributed by atoms with Gasteiger partial charge in [-0.25, -0.2) is 0 Å². The summed E-state index contributed by atoms with van der Waals surface area (Å²) in [6.07, 6.45) is 0.959. The third-order valence-electron chi connectivity index (χ3n) is 3.76. The first kappa shape index (κ1) is 14.5. The maximum absolute atomic E-state index is 12.7. The van der Waals surface area contributed by atoms with E-state index in [4.69, 9.17) is 0 Å². The summed E-state index contributed by atoms with van der Waals surface area (Å²) < 4.78 is 1.04. The lowest BCUT2D eigenvalue weighted by Crippen LogP contribution is -2.53. The topological polar surface area (TPSA) is 32.3 Å². The van der Waals surface area contributed by atoms with E-state index in [2.05, 4.69) is 28.2 Å². The molecule has 0 aliphatic carbocycles. The van der Waals surface area contributed by atoms with Crippen LogP contribution < -0.4 is 10.2 Å². The molecule has 0 aromatic heterocycles. The first-order valence-corrected chi connectivity index (χ1v) is 7.47. The maximum atomic E-state index is 12.7. The Kier molecular flexibility index (Phi) is 4.02. The number of nitrogens with one attached hydrogen (secondary N) is 1. The van der Waals surface area contributed by atoms with Crippen molar-refractivity contribution in [2.45, 2.75) is 45.7 Å². The van der Waals surface area contributed by atoms with Crippen LogP contribution in [0.15, 0.2) is 22.7 Å². The summed E-state index contributed by atoms with van der Waals surface area (Å²) in [6, 6.07) is 6.31. The number of halogens is 1. The molecule has 1 amide bonds. The van der Waals surface area contributed by atoms with E-state index in [1.54, 1.807) is 0 Å². The molecule has 1 heterocycles. The number of carbonyl (C=O) groups excluding carboxylic acids is 1. The zero-order valence-electron chi connectivity index (χ0n) is 12.0. The van der Waals surface area contributed by atoms with Gasteiger partial charge in [0.15, 0.2) is 0 Å². The Morgan fingerprint density at radius 2 is 2.11 bits per heavy atom. The molecule has 1 fully saturated rings. The van der Waals surface area contributed by atoms with E-state index < -0.39 is 5.54 Å². The van der Waals surface area contributed by atoms with Gasteiger partial charge in [-0.3, -0.25) is 4.79 Å². The molecule has 19 heavy (non-hydrogen) atoms. The van der Waals surface area contributed by atoms with Crippen molar-refractivity contribution in [3.8, 4) is 0 Å². The monoisotopic (exact) mass is 324 g/mol. The highest BCUT2D eigenvalue weighted by atomic mass is 79.9. The van der Waals surface area contributed by atoms with E-state index in [1.165, 1.54) is 5.56 Å². The Balaban J connectivity index is 2.43. The summed E-state index contributed by atoms with van der Waals surface area (Å²) in [5.74, 6) is 0.133. The van der Waals surface area contributed by atoms with Crippen molar-refractivity contribution < 1.29 is 4.79 Å². The van der Waals surface area contributed by atoms with Gasteiger partial charge in [-0.05, 0) is 58.4 Å². The molecular weight excluding hydrogens is 304 g/mol. The normalized spacial score (nSPS) is 23.3. The highest BCUT2D eigenvalue weighted by Gasteiger charge is 2.37. The number of benzene rings is 1. The number of carbonyl (C=O) groups is 1. The number of hydrogen-bond acceptors (Lipinski definition) is 2. The summed E-state index contributed by atoms with van der Waals surface area (Å²) in [7, 11) is 0. The quantitative estimate of drug-likeness (QED) is 0.860. The predicted octanol–water partition coefficient (Wildman–Crippen LogP) is 3.25. The number of anilines is 1. The molecule has 0 radical (unpaired) electrons. The Labute approximate surface area is 123 Å². The molecule has 104 valence electrons. The molecule has 1 aromatic carbocycles. The molecule has 1 unspecified atom stereocenters. The summed E-state index contributed by atoms with van der Waals surface area (Å²) in [6.45, 7) is 8.92. The second-order valence-electron chi connectivity index (χ2n) is 5.80. The van der Waals surface area contributed by atoms with Gasteiger partial charge in [-0.1, -0.05) is 22.0 Å². The average Bonchev–Trinajstić information content (AvgIpc) is 2.42. The molecule has 0 bridgehead atoms. The van der Waals surface area contributed by atoms with E-state index in [1.807, 2.05) is 43.9 Å². The average molecular weight is 325 g/mol. The Hall–Kier alpha value is -0.870. The SMILES string of the molecule is Cc1ccc(N2C(=O)C(C)(C)NCCC2C)cc1Br. The largest absolute Gasteiger partial charge is 0.308 e. The van der Waals surface area contributed by atoms with Crippen LogP contribution >= 0.6 is 15.9 Å². The first-order chi connectivity index (χ1) is 8.83. The minimum absolute atomic E-state index is 0.133. The number of aryl methyl sites for hydroxylation is 1. The third kappa shape index (κ3) is 2.84. The molecule has 3 nitrogen and oxygen atoms in total. The summed E-state index contributed by atoms with van der Waals surface area (Å²) >= 11 is 3.55. The van der Waals surface area contributed by atoms with Gasteiger partial charge in [0.2, 0.25) is 5.91 Å². The zero-order chi connectivity index (χ0) is 14.2. The van der Waals surface area contributed by atoms with Gasteiger partial charge in [-0.15, -0.1) is 0 Å². The molecule has 4 heteroatoms. The van der Waals surface area contributed by atoms with Crippen LogP contribution in [0.1, 0.15) is 32.8 Å². The minimum Gasteiger partial charge on any atom is -0.308 e. The first-order valence-electron chi connectivity index (χ1n) is 6.68. The van der Waals surface area contributed by atoms with E-state index in [-0.39, 0.29) is 11.9 Å². The summed E-state index contributed by atoms with van der Waals surface area (Å²) in [4.78, 5) is 14.6. The second kappa shape index (κ2) is 5.25. The van der Waals surface area contributed by atoms with Gasteiger partial charge in [-0.2, -0.15) is 0 Å². The van der Waals surface area contributed by atoms with E-state index in [0.29, 0.717) is 0 Å². The molecule has 0 spiro atoms. The molecule has 1 atom stereocenters. The second-order valence-corrected chi connectivity index (χ2v) is 6.65. The van der Waals surface area contributed by atoms with Crippen LogP contribution in [0.2, 0.25) is 0 Å². The molecule has 0 saturated carbocycles. The van der Waals surface area contributed by atoms with Crippen LogP contribution in [0, 0.1) is 6.92 Å². The highest BCUT2D eigenvalue weighted by Crippen LogP contribution is 2.29. The van der Waals surface area contributed by atoms with Crippen molar-refractivity contribution in [1.29, 1.82) is 0 Å². The highest BCUT2D eigenvalue weighted by molar-refractivity contribution is 9.10. The molecule has 1 aromatic rings. The zero-order valence-corrected chi connectivity index (χ0v) is 13.5. The van der Waals surface area contributed by atoms with Gasteiger partial charge >= 0.3 is 0 Å². The van der Waals surface area contributed by atoms with E-state index in [0.717, 1.165) is 23.1 Å². The van der Waals surface area contributed by atoms with Crippen LogP contribution in [-0.4, -0.2) is 24.0 Å². The van der Waals surface area contributed by atoms with Crippen LogP contribution in [0.3, 0.4) is 0 Å². The number of hydrogen-bond donors (Lipinski definition) is 1. The minimum atomic E-state index is -0.512. The number of amides is 1. The number of rotatable bonds is 1. The van der Waals surface area contributed by atoms with Gasteiger partial charge < -0.3 is 10.2 Å². The fourth-order valence-corrected chi connectivity index (χ4v) is 2.77. The van der Waals surface area contributed by atoms with Crippen molar-refractivity contribution in [2.75, 3.05) is 11.4 Å². The molecule has 1 N–H and O–H groups in total. The lowest BCUT2D eigenvalue weighted by molar-refractivity contribution is -0.123. The maximum Gasteiger partial charge on any atom is 0.246 e. The lowest BCUT2D eigenvalue weighted by atomic mass is 10.0. The molecule has 2 rings (SSSR count). The van der Waals surface area contributed by atoms with E-state index >= 15 is 0 Å². The van der Waals surface area contributed by atoms with E-state index in [9.17, 15) is 4.79 Å². The molecule has 1 aliphatic heterocycles.